The van der Waals surface area contributed by atoms with Gasteiger partial charge in [-0.25, -0.2) is 8.42 Å². The smallest absolute Gasteiger partial charge is 0.249 e. The lowest BCUT2D eigenvalue weighted by atomic mass is 10.2. The number of para-hydroxylation sites is 1. The molecule has 1 aliphatic carbocycles. The quantitative estimate of drug-likeness (QED) is 0.763. The van der Waals surface area contributed by atoms with Gasteiger partial charge < -0.3 is 4.74 Å². The van der Waals surface area contributed by atoms with Crippen LogP contribution < -0.4 is 10.1 Å². The molecule has 0 atom stereocenters. The van der Waals surface area contributed by atoms with Crippen molar-refractivity contribution in [3.63, 3.8) is 0 Å². The Kier molecular flexibility index (Phi) is 5.55. The number of anilines is 1. The number of carbonyl (C=O) groups is 1. The Labute approximate surface area is 152 Å². The number of H-pyrrole nitrogens is 1. The number of sulfone groups is 1. The maximum atomic E-state index is 12.2. The number of ether oxygens (including phenoxy) is 1. The van der Waals surface area contributed by atoms with Gasteiger partial charge in [-0.15, -0.1) is 5.10 Å². The minimum Gasteiger partial charge on any atom is -0.496 e. The molecule has 1 saturated carbocycles. The van der Waals surface area contributed by atoms with Crippen LogP contribution in [-0.4, -0.2) is 47.6 Å². The molecule has 8 nitrogen and oxygen atoms in total. The van der Waals surface area contributed by atoms with Crippen molar-refractivity contribution in [3.8, 4) is 17.1 Å². The van der Waals surface area contributed by atoms with Crippen LogP contribution in [0.4, 0.5) is 5.95 Å². The number of hydrogen-bond acceptors (Lipinski definition) is 6. The molecule has 1 amide bonds. The van der Waals surface area contributed by atoms with Gasteiger partial charge in [0, 0.05) is 6.42 Å². The summed E-state index contributed by atoms with van der Waals surface area (Å²) in [6, 6.07) is 7.29. The summed E-state index contributed by atoms with van der Waals surface area (Å²) in [6.45, 7) is 0. The SMILES string of the molecule is COc1ccccc1-c1nc(NC(=O)CCS(=O)(=O)C2CCCC2)n[nH]1. The number of aromatic nitrogens is 3. The summed E-state index contributed by atoms with van der Waals surface area (Å²) in [5, 5.41) is 8.94. The topological polar surface area (TPSA) is 114 Å². The maximum absolute atomic E-state index is 12.2. The van der Waals surface area contributed by atoms with Gasteiger partial charge >= 0.3 is 0 Å². The highest BCUT2D eigenvalue weighted by molar-refractivity contribution is 7.92. The van der Waals surface area contributed by atoms with Gasteiger partial charge in [0.1, 0.15) is 5.75 Å². The predicted molar refractivity (Wildman–Crippen MR) is 97.7 cm³/mol. The van der Waals surface area contributed by atoms with Crippen LogP contribution >= 0.6 is 0 Å². The molecule has 0 saturated heterocycles. The lowest BCUT2D eigenvalue weighted by Gasteiger charge is -2.10. The first-order valence-electron chi connectivity index (χ1n) is 8.57. The van der Waals surface area contributed by atoms with E-state index in [9.17, 15) is 13.2 Å². The van der Waals surface area contributed by atoms with Crippen LogP contribution in [-0.2, 0) is 14.6 Å². The third-order valence-electron chi connectivity index (χ3n) is 4.52. The summed E-state index contributed by atoms with van der Waals surface area (Å²) in [6.07, 6.45) is 3.19. The van der Waals surface area contributed by atoms with Crippen molar-refractivity contribution in [1.29, 1.82) is 0 Å². The first-order valence-corrected chi connectivity index (χ1v) is 10.3. The molecule has 1 aromatic carbocycles. The third-order valence-corrected chi connectivity index (χ3v) is 6.78. The Bertz CT molecular complexity index is 872. The number of aromatic amines is 1. The van der Waals surface area contributed by atoms with E-state index in [1.165, 1.54) is 0 Å². The van der Waals surface area contributed by atoms with Crippen LogP contribution in [0.3, 0.4) is 0 Å². The Morgan fingerprint density at radius 1 is 1.31 bits per heavy atom. The molecule has 0 unspecified atom stereocenters. The first-order chi connectivity index (χ1) is 12.5. The summed E-state index contributed by atoms with van der Waals surface area (Å²) in [5.74, 6) is 0.625. The lowest BCUT2D eigenvalue weighted by Crippen LogP contribution is -2.24. The van der Waals surface area contributed by atoms with Gasteiger partial charge in [-0.05, 0) is 25.0 Å². The molecule has 140 valence electrons. The zero-order valence-electron chi connectivity index (χ0n) is 14.6. The molecule has 2 N–H and O–H groups in total. The maximum Gasteiger partial charge on any atom is 0.249 e. The standard InChI is InChI=1S/C17H22N4O4S/c1-25-14-9-5-4-8-13(14)16-19-17(21-20-16)18-15(22)10-11-26(23,24)12-6-2-3-7-12/h4-5,8-9,12H,2-3,6-7,10-11H2,1H3,(H2,18,19,20,21,22). The molecular formula is C17H22N4O4S. The summed E-state index contributed by atoms with van der Waals surface area (Å²) >= 11 is 0. The van der Waals surface area contributed by atoms with Gasteiger partial charge in [-0.3, -0.25) is 15.2 Å². The van der Waals surface area contributed by atoms with Crippen molar-refractivity contribution in [2.75, 3.05) is 18.2 Å². The molecule has 3 rings (SSSR count). The van der Waals surface area contributed by atoms with E-state index in [1.54, 1.807) is 13.2 Å². The van der Waals surface area contributed by atoms with Gasteiger partial charge in [0.05, 0.1) is 23.7 Å². The average Bonchev–Trinajstić information content (AvgIpc) is 3.32. The molecule has 1 aliphatic rings. The Balaban J connectivity index is 1.59. The molecule has 2 aromatic rings. The van der Waals surface area contributed by atoms with Gasteiger partial charge in [0.25, 0.3) is 0 Å². The second kappa shape index (κ2) is 7.86. The highest BCUT2D eigenvalue weighted by Gasteiger charge is 2.29. The number of nitrogens with one attached hydrogen (secondary N) is 2. The average molecular weight is 378 g/mol. The molecule has 0 bridgehead atoms. The molecule has 9 heteroatoms. The van der Waals surface area contributed by atoms with E-state index in [-0.39, 0.29) is 23.4 Å². The minimum absolute atomic E-state index is 0.0998. The second-order valence-electron chi connectivity index (χ2n) is 6.28. The monoisotopic (exact) mass is 378 g/mol. The molecular weight excluding hydrogens is 356 g/mol. The summed E-state index contributed by atoms with van der Waals surface area (Å²) < 4.78 is 29.7. The van der Waals surface area contributed by atoms with Crippen molar-refractivity contribution >= 4 is 21.7 Å². The lowest BCUT2D eigenvalue weighted by molar-refractivity contribution is -0.115. The van der Waals surface area contributed by atoms with Crippen molar-refractivity contribution in [3.05, 3.63) is 24.3 Å². The van der Waals surface area contributed by atoms with E-state index in [0.717, 1.165) is 12.8 Å². The first kappa shape index (κ1) is 18.4. The van der Waals surface area contributed by atoms with E-state index in [4.69, 9.17) is 4.74 Å². The molecule has 1 aromatic heterocycles. The van der Waals surface area contributed by atoms with Crippen LogP contribution in [0.15, 0.2) is 24.3 Å². The number of nitrogens with zero attached hydrogens (tertiary/aromatic N) is 2. The van der Waals surface area contributed by atoms with Crippen LogP contribution in [0.25, 0.3) is 11.4 Å². The number of carbonyl (C=O) groups excluding carboxylic acids is 1. The molecule has 1 fully saturated rings. The van der Waals surface area contributed by atoms with Gasteiger partial charge in [0.2, 0.25) is 11.9 Å². The fourth-order valence-electron chi connectivity index (χ4n) is 3.11. The third kappa shape index (κ3) is 4.21. The summed E-state index contributed by atoms with van der Waals surface area (Å²) in [7, 11) is -1.66. The number of benzene rings is 1. The summed E-state index contributed by atoms with van der Waals surface area (Å²) in [5.41, 5.74) is 0.715. The highest BCUT2D eigenvalue weighted by atomic mass is 32.2. The minimum atomic E-state index is -3.22. The van der Waals surface area contributed by atoms with Gasteiger partial charge in [0.15, 0.2) is 15.7 Å². The van der Waals surface area contributed by atoms with Crippen molar-refractivity contribution in [2.45, 2.75) is 37.4 Å². The predicted octanol–water partition coefficient (Wildman–Crippen LogP) is 2.17. The van der Waals surface area contributed by atoms with Gasteiger partial charge in [-0.1, -0.05) is 25.0 Å². The van der Waals surface area contributed by atoms with Crippen LogP contribution in [0.5, 0.6) is 5.75 Å². The molecule has 0 radical (unpaired) electrons. The number of methoxy groups -OCH3 is 1. The molecule has 0 spiro atoms. The van der Waals surface area contributed by atoms with E-state index >= 15 is 0 Å². The highest BCUT2D eigenvalue weighted by Crippen LogP contribution is 2.27. The van der Waals surface area contributed by atoms with E-state index in [2.05, 4.69) is 20.5 Å². The Hall–Kier alpha value is -2.42. The number of rotatable bonds is 7. The molecule has 1 heterocycles. The van der Waals surface area contributed by atoms with Crippen molar-refractivity contribution < 1.29 is 17.9 Å². The largest absolute Gasteiger partial charge is 0.496 e. The van der Waals surface area contributed by atoms with Crippen LogP contribution in [0, 0.1) is 0 Å². The Morgan fingerprint density at radius 3 is 2.77 bits per heavy atom. The van der Waals surface area contributed by atoms with Crippen LogP contribution in [0.1, 0.15) is 32.1 Å². The van der Waals surface area contributed by atoms with E-state index in [0.29, 0.717) is 30.0 Å². The zero-order valence-corrected chi connectivity index (χ0v) is 15.4. The Morgan fingerprint density at radius 2 is 2.04 bits per heavy atom. The normalized spacial score (nSPS) is 15.1. The van der Waals surface area contributed by atoms with Crippen molar-refractivity contribution in [1.82, 2.24) is 15.2 Å². The fourth-order valence-corrected chi connectivity index (χ4v) is 4.97. The van der Waals surface area contributed by atoms with E-state index in [1.807, 2.05) is 18.2 Å². The van der Waals surface area contributed by atoms with Gasteiger partial charge in [-0.2, -0.15) is 4.98 Å². The second-order valence-corrected chi connectivity index (χ2v) is 8.68. The number of amides is 1. The van der Waals surface area contributed by atoms with Crippen molar-refractivity contribution in [2.24, 2.45) is 0 Å². The zero-order chi connectivity index (χ0) is 18.6. The van der Waals surface area contributed by atoms with Crippen LogP contribution in [0.2, 0.25) is 0 Å². The van der Waals surface area contributed by atoms with E-state index < -0.39 is 15.7 Å². The fraction of sp³-hybridized carbons (Fsp3) is 0.471. The number of hydrogen-bond donors (Lipinski definition) is 2. The molecule has 26 heavy (non-hydrogen) atoms. The molecule has 0 aliphatic heterocycles. The summed E-state index contributed by atoms with van der Waals surface area (Å²) in [4.78, 5) is 16.3.